The smallest absolute Gasteiger partial charge is 0.0636 e. The molecule has 1 aromatic carbocycles. The molecule has 0 bridgehead atoms. The van der Waals surface area contributed by atoms with Crippen molar-refractivity contribution in [1.29, 1.82) is 0 Å². The first-order valence-corrected chi connectivity index (χ1v) is 9.18. The van der Waals surface area contributed by atoms with Crippen LogP contribution in [0.15, 0.2) is 24.3 Å². The lowest BCUT2D eigenvalue weighted by atomic mass is 10.2. The molecule has 1 fully saturated rings. The van der Waals surface area contributed by atoms with Gasteiger partial charge in [-0.3, -0.25) is 0 Å². The van der Waals surface area contributed by atoms with Crippen LogP contribution in [0.4, 0.5) is 0 Å². The predicted molar refractivity (Wildman–Crippen MR) is 88.6 cm³/mol. The molecule has 2 atom stereocenters. The summed E-state index contributed by atoms with van der Waals surface area (Å²) >= 11 is 10.3. The zero-order valence-corrected chi connectivity index (χ0v) is 13.4. The van der Waals surface area contributed by atoms with E-state index >= 15 is 0 Å². The monoisotopic (exact) mass is 311 g/mol. The van der Waals surface area contributed by atoms with Crippen LogP contribution in [-0.4, -0.2) is 17.5 Å². The van der Waals surface area contributed by atoms with Crippen molar-refractivity contribution >= 4 is 44.8 Å². The number of hydrogen-bond donors (Lipinski definition) is 1. The summed E-state index contributed by atoms with van der Waals surface area (Å²) in [5.74, 6) is 0. The highest BCUT2D eigenvalue weighted by molar-refractivity contribution is 7.99. The number of thioether (sulfide) groups is 1. The van der Waals surface area contributed by atoms with Gasteiger partial charge >= 0.3 is 0 Å². The quantitative estimate of drug-likeness (QED) is 0.859. The first kappa shape index (κ1) is 13.7. The number of benzene rings is 1. The van der Waals surface area contributed by atoms with Gasteiger partial charge < -0.3 is 5.32 Å². The van der Waals surface area contributed by atoms with E-state index in [0.717, 1.165) is 16.8 Å². The van der Waals surface area contributed by atoms with Gasteiger partial charge in [-0.25, -0.2) is 0 Å². The van der Waals surface area contributed by atoms with E-state index in [9.17, 15) is 0 Å². The fourth-order valence-electron chi connectivity index (χ4n) is 2.76. The van der Waals surface area contributed by atoms with Crippen molar-refractivity contribution in [2.75, 3.05) is 6.26 Å². The molecule has 1 aliphatic rings. The molecule has 0 saturated heterocycles. The van der Waals surface area contributed by atoms with Crippen LogP contribution >= 0.6 is 34.7 Å². The van der Waals surface area contributed by atoms with Gasteiger partial charge in [0.2, 0.25) is 0 Å². The Morgan fingerprint density at radius 3 is 2.95 bits per heavy atom. The predicted octanol–water partition coefficient (Wildman–Crippen LogP) is 4.93. The van der Waals surface area contributed by atoms with Crippen molar-refractivity contribution in [2.24, 2.45) is 0 Å². The van der Waals surface area contributed by atoms with E-state index < -0.39 is 0 Å². The Hall–Kier alpha value is -0.220. The van der Waals surface area contributed by atoms with Gasteiger partial charge in [-0.15, -0.1) is 11.3 Å². The molecule has 1 N–H and O–H groups in total. The van der Waals surface area contributed by atoms with E-state index in [4.69, 9.17) is 11.6 Å². The number of thiophene rings is 1. The highest BCUT2D eigenvalue weighted by atomic mass is 35.5. The summed E-state index contributed by atoms with van der Waals surface area (Å²) in [6.07, 6.45) is 6.16. The van der Waals surface area contributed by atoms with Gasteiger partial charge in [0.05, 0.1) is 5.02 Å². The van der Waals surface area contributed by atoms with Crippen molar-refractivity contribution in [3.05, 3.63) is 34.2 Å². The van der Waals surface area contributed by atoms with Gasteiger partial charge in [0.1, 0.15) is 0 Å². The molecule has 3 rings (SSSR count). The van der Waals surface area contributed by atoms with E-state index in [-0.39, 0.29) is 0 Å². The third kappa shape index (κ3) is 2.94. The maximum atomic E-state index is 6.46. The van der Waals surface area contributed by atoms with Crippen LogP contribution in [0.2, 0.25) is 5.02 Å². The second-order valence-corrected chi connectivity index (χ2v) is 7.74. The SMILES string of the molecule is CSC1CCC(NCc2sc3ccccc3c2Cl)C1. The zero-order valence-electron chi connectivity index (χ0n) is 11.0. The number of fused-ring (bicyclic) bond motifs is 1. The standard InChI is InChI=1S/C15H18ClNS2/c1-18-11-7-6-10(8-11)17-9-14-15(16)12-4-2-3-5-13(12)19-14/h2-5,10-11,17H,6-9H2,1H3. The van der Waals surface area contributed by atoms with Gasteiger partial charge in [0.15, 0.2) is 0 Å². The minimum absolute atomic E-state index is 0.665. The highest BCUT2D eigenvalue weighted by Crippen LogP contribution is 2.35. The van der Waals surface area contributed by atoms with Gasteiger partial charge in [0.25, 0.3) is 0 Å². The molecular weight excluding hydrogens is 294 g/mol. The summed E-state index contributed by atoms with van der Waals surface area (Å²) < 4.78 is 1.29. The third-order valence-electron chi connectivity index (χ3n) is 3.87. The Balaban J connectivity index is 1.67. The average molecular weight is 312 g/mol. The molecule has 19 heavy (non-hydrogen) atoms. The van der Waals surface area contributed by atoms with Gasteiger partial charge in [-0.2, -0.15) is 11.8 Å². The Morgan fingerprint density at radius 2 is 2.21 bits per heavy atom. The Bertz CT molecular complexity index is 566. The molecule has 1 nitrogen and oxygen atoms in total. The minimum Gasteiger partial charge on any atom is -0.309 e. The van der Waals surface area contributed by atoms with Gasteiger partial charge in [-0.1, -0.05) is 29.8 Å². The summed E-state index contributed by atoms with van der Waals surface area (Å²) in [6.45, 7) is 0.907. The van der Waals surface area contributed by atoms with Crippen LogP contribution in [0.5, 0.6) is 0 Å². The molecule has 2 unspecified atom stereocenters. The van der Waals surface area contributed by atoms with Crippen molar-refractivity contribution in [3.63, 3.8) is 0 Å². The lowest BCUT2D eigenvalue weighted by molar-refractivity contribution is 0.528. The molecule has 2 aromatic rings. The maximum Gasteiger partial charge on any atom is 0.0636 e. The molecule has 0 amide bonds. The van der Waals surface area contributed by atoms with Crippen molar-refractivity contribution in [3.8, 4) is 0 Å². The topological polar surface area (TPSA) is 12.0 Å². The molecule has 1 saturated carbocycles. The third-order valence-corrected chi connectivity index (χ3v) is 6.68. The average Bonchev–Trinajstić information content (AvgIpc) is 3.02. The van der Waals surface area contributed by atoms with Gasteiger partial charge in [0, 0.05) is 32.8 Å². The molecule has 4 heteroatoms. The van der Waals surface area contributed by atoms with Crippen LogP contribution in [-0.2, 0) is 6.54 Å². The first-order valence-electron chi connectivity index (χ1n) is 6.70. The summed E-state index contributed by atoms with van der Waals surface area (Å²) in [7, 11) is 0. The molecule has 0 spiro atoms. The minimum atomic E-state index is 0.665. The summed E-state index contributed by atoms with van der Waals surface area (Å²) in [5.41, 5.74) is 0. The Labute approximate surface area is 127 Å². The maximum absolute atomic E-state index is 6.46. The van der Waals surface area contributed by atoms with Crippen LogP contribution in [0.25, 0.3) is 10.1 Å². The van der Waals surface area contributed by atoms with Crippen LogP contribution < -0.4 is 5.32 Å². The Kier molecular flexibility index (Phi) is 4.37. The first-order chi connectivity index (χ1) is 9.28. The molecule has 1 aromatic heterocycles. The van der Waals surface area contributed by atoms with E-state index in [1.165, 1.54) is 34.2 Å². The summed E-state index contributed by atoms with van der Waals surface area (Å²) in [6, 6.07) is 9.05. The molecule has 0 radical (unpaired) electrons. The molecular formula is C15H18ClNS2. The lowest BCUT2D eigenvalue weighted by Crippen LogP contribution is -2.25. The summed E-state index contributed by atoms with van der Waals surface area (Å²) in [5, 5.41) is 6.65. The lowest BCUT2D eigenvalue weighted by Gasteiger charge is -2.11. The summed E-state index contributed by atoms with van der Waals surface area (Å²) in [4.78, 5) is 1.27. The fourth-order valence-corrected chi connectivity index (χ4v) is 5.00. The second-order valence-electron chi connectivity index (χ2n) is 5.08. The molecule has 1 aliphatic carbocycles. The fraction of sp³-hybridized carbons (Fsp3) is 0.467. The van der Waals surface area contributed by atoms with E-state index in [1.807, 2.05) is 23.1 Å². The van der Waals surface area contributed by atoms with E-state index in [1.54, 1.807) is 0 Å². The van der Waals surface area contributed by atoms with Crippen LogP contribution in [0.3, 0.4) is 0 Å². The van der Waals surface area contributed by atoms with E-state index in [2.05, 4.69) is 35.8 Å². The van der Waals surface area contributed by atoms with Crippen molar-refractivity contribution in [1.82, 2.24) is 5.32 Å². The van der Waals surface area contributed by atoms with Gasteiger partial charge in [-0.05, 0) is 31.6 Å². The van der Waals surface area contributed by atoms with Crippen LogP contribution in [0, 0.1) is 0 Å². The molecule has 1 heterocycles. The normalized spacial score (nSPS) is 23.3. The van der Waals surface area contributed by atoms with Crippen LogP contribution in [0.1, 0.15) is 24.1 Å². The molecule has 102 valence electrons. The van der Waals surface area contributed by atoms with Crippen molar-refractivity contribution < 1.29 is 0 Å². The zero-order chi connectivity index (χ0) is 13.2. The number of rotatable bonds is 4. The van der Waals surface area contributed by atoms with E-state index in [0.29, 0.717) is 6.04 Å². The Morgan fingerprint density at radius 1 is 1.37 bits per heavy atom. The number of halogens is 1. The second kappa shape index (κ2) is 6.04. The van der Waals surface area contributed by atoms with Crippen molar-refractivity contribution in [2.45, 2.75) is 37.1 Å². The highest BCUT2D eigenvalue weighted by Gasteiger charge is 2.23. The number of hydrogen-bond acceptors (Lipinski definition) is 3. The number of nitrogens with one attached hydrogen (secondary N) is 1. The largest absolute Gasteiger partial charge is 0.309 e. The molecule has 0 aliphatic heterocycles.